The van der Waals surface area contributed by atoms with Crippen LogP contribution in [0.1, 0.15) is 13.8 Å². The van der Waals surface area contributed by atoms with Gasteiger partial charge in [-0.3, -0.25) is 9.36 Å². The van der Waals surface area contributed by atoms with Crippen LogP contribution in [0.3, 0.4) is 0 Å². The SMILES string of the molecule is CCOc1ccc(-c2cc(N3CCN(CC)CC3)n(-c3ccccc3)c(=O)c2N=Nc2cccc(Cl)c2)cc1. The van der Waals surface area contributed by atoms with Crippen LogP contribution in [0.15, 0.2) is 100.0 Å². The van der Waals surface area contributed by atoms with E-state index < -0.39 is 0 Å². The summed E-state index contributed by atoms with van der Waals surface area (Å²) in [5.74, 6) is 1.62. The minimum Gasteiger partial charge on any atom is -0.494 e. The number of aromatic nitrogens is 1. The minimum absolute atomic E-state index is 0.230. The summed E-state index contributed by atoms with van der Waals surface area (Å²) < 4.78 is 7.41. The normalized spacial score (nSPS) is 14.2. The van der Waals surface area contributed by atoms with Crippen molar-refractivity contribution in [3.63, 3.8) is 0 Å². The number of hydrogen-bond acceptors (Lipinski definition) is 6. The van der Waals surface area contributed by atoms with Crippen LogP contribution in [-0.4, -0.2) is 48.8 Å². The average Bonchev–Trinajstić information content (AvgIpc) is 2.97. The highest BCUT2D eigenvalue weighted by atomic mass is 35.5. The van der Waals surface area contributed by atoms with E-state index >= 15 is 0 Å². The van der Waals surface area contributed by atoms with Crippen LogP contribution < -0.4 is 15.2 Å². The molecule has 1 aliphatic heterocycles. The van der Waals surface area contributed by atoms with Crippen LogP contribution in [0.4, 0.5) is 17.2 Å². The maximum atomic E-state index is 14.3. The van der Waals surface area contributed by atoms with E-state index in [1.165, 1.54) is 0 Å². The van der Waals surface area contributed by atoms with Gasteiger partial charge < -0.3 is 14.5 Å². The highest BCUT2D eigenvalue weighted by molar-refractivity contribution is 6.30. The maximum Gasteiger partial charge on any atom is 0.285 e. The van der Waals surface area contributed by atoms with Crippen LogP contribution in [0.2, 0.25) is 5.02 Å². The fourth-order valence-electron chi connectivity index (χ4n) is 4.80. The van der Waals surface area contributed by atoms with Gasteiger partial charge in [0, 0.05) is 36.8 Å². The molecular formula is C31H32ClN5O2. The second-order valence-electron chi connectivity index (χ2n) is 9.30. The number of hydrogen-bond donors (Lipinski definition) is 0. The molecule has 0 saturated carbocycles. The first kappa shape index (κ1) is 26.7. The van der Waals surface area contributed by atoms with Gasteiger partial charge in [-0.25, -0.2) is 0 Å². The zero-order valence-corrected chi connectivity index (χ0v) is 23.0. The fraction of sp³-hybridized carbons (Fsp3) is 0.258. The Morgan fingerprint density at radius 2 is 1.59 bits per heavy atom. The summed E-state index contributed by atoms with van der Waals surface area (Å²) in [4.78, 5) is 19.0. The van der Waals surface area contributed by atoms with Gasteiger partial charge in [0.1, 0.15) is 11.6 Å². The first-order valence-corrected chi connectivity index (χ1v) is 13.7. The molecule has 0 spiro atoms. The van der Waals surface area contributed by atoms with E-state index in [1.54, 1.807) is 16.7 Å². The zero-order valence-electron chi connectivity index (χ0n) is 22.3. The molecule has 3 aromatic carbocycles. The Kier molecular flexibility index (Phi) is 8.39. The third kappa shape index (κ3) is 6.05. The first-order valence-electron chi connectivity index (χ1n) is 13.3. The van der Waals surface area contributed by atoms with E-state index in [4.69, 9.17) is 16.3 Å². The smallest absolute Gasteiger partial charge is 0.285 e. The van der Waals surface area contributed by atoms with Crippen LogP contribution in [0.5, 0.6) is 5.75 Å². The lowest BCUT2D eigenvalue weighted by Gasteiger charge is -2.36. The number of halogens is 1. The molecule has 0 amide bonds. The number of azo groups is 1. The first-order chi connectivity index (χ1) is 19.1. The summed E-state index contributed by atoms with van der Waals surface area (Å²) >= 11 is 6.17. The molecule has 7 nitrogen and oxygen atoms in total. The van der Waals surface area contributed by atoms with Crippen molar-refractivity contribution in [1.29, 1.82) is 0 Å². The lowest BCUT2D eigenvalue weighted by Crippen LogP contribution is -2.47. The molecule has 1 saturated heterocycles. The number of rotatable bonds is 8. The van der Waals surface area contributed by atoms with E-state index in [1.807, 2.05) is 73.7 Å². The third-order valence-electron chi connectivity index (χ3n) is 6.87. The molecule has 0 bridgehead atoms. The molecule has 0 aliphatic carbocycles. The average molecular weight is 542 g/mol. The summed E-state index contributed by atoms with van der Waals surface area (Å²) in [5, 5.41) is 9.49. The van der Waals surface area contributed by atoms with E-state index in [9.17, 15) is 4.79 Å². The van der Waals surface area contributed by atoms with Gasteiger partial charge in [-0.2, -0.15) is 5.11 Å². The monoisotopic (exact) mass is 541 g/mol. The van der Waals surface area contributed by atoms with Gasteiger partial charge in [-0.15, -0.1) is 5.11 Å². The summed E-state index contributed by atoms with van der Waals surface area (Å²) in [6.07, 6.45) is 0. The van der Waals surface area contributed by atoms with Gasteiger partial charge >= 0.3 is 0 Å². The number of anilines is 1. The second kappa shape index (κ2) is 12.3. The van der Waals surface area contributed by atoms with Gasteiger partial charge in [-0.1, -0.05) is 54.9 Å². The topological polar surface area (TPSA) is 62.4 Å². The molecule has 39 heavy (non-hydrogen) atoms. The second-order valence-corrected chi connectivity index (χ2v) is 9.74. The summed E-state index contributed by atoms with van der Waals surface area (Å²) in [5.41, 5.74) is 2.97. The Hall–Kier alpha value is -3.94. The van der Waals surface area contributed by atoms with Crippen molar-refractivity contribution in [1.82, 2.24) is 9.47 Å². The van der Waals surface area contributed by atoms with Gasteiger partial charge in [0.2, 0.25) is 0 Å². The molecular weight excluding hydrogens is 510 g/mol. The van der Waals surface area contributed by atoms with Crippen LogP contribution in [-0.2, 0) is 0 Å². The van der Waals surface area contributed by atoms with Gasteiger partial charge in [-0.05, 0) is 67.6 Å². The van der Waals surface area contributed by atoms with E-state index in [0.29, 0.717) is 22.9 Å². The standard InChI is InChI=1S/C31H32ClN5O2/c1-3-35-17-19-36(20-18-35)29-22-28(23-13-15-27(16-14-23)39-4-2)30(34-33-25-10-8-9-24(32)21-25)31(38)37(29)26-11-6-5-7-12-26/h5-16,21-22H,3-4,17-20H2,1-2H3. The zero-order chi connectivity index (χ0) is 27.2. The lowest BCUT2D eigenvalue weighted by atomic mass is 10.0. The van der Waals surface area contributed by atoms with E-state index in [-0.39, 0.29) is 11.2 Å². The quantitative estimate of drug-likeness (QED) is 0.223. The summed E-state index contributed by atoms with van der Waals surface area (Å²) in [7, 11) is 0. The van der Waals surface area contributed by atoms with Crippen molar-refractivity contribution in [2.24, 2.45) is 10.2 Å². The number of benzene rings is 3. The van der Waals surface area contributed by atoms with Crippen molar-refractivity contribution in [2.45, 2.75) is 13.8 Å². The number of pyridine rings is 1. The largest absolute Gasteiger partial charge is 0.494 e. The Balaban J connectivity index is 1.71. The molecule has 200 valence electrons. The molecule has 4 aromatic rings. The fourth-order valence-corrected chi connectivity index (χ4v) is 4.98. The van der Waals surface area contributed by atoms with E-state index in [0.717, 1.165) is 55.5 Å². The molecule has 0 N–H and O–H groups in total. The molecule has 5 rings (SSSR count). The molecule has 0 unspecified atom stereocenters. The van der Waals surface area contributed by atoms with Crippen LogP contribution in [0, 0.1) is 0 Å². The lowest BCUT2D eigenvalue weighted by molar-refractivity contribution is 0.270. The third-order valence-corrected chi connectivity index (χ3v) is 7.11. The highest BCUT2D eigenvalue weighted by Gasteiger charge is 2.24. The van der Waals surface area contributed by atoms with E-state index in [2.05, 4.69) is 33.0 Å². The molecule has 1 aromatic heterocycles. The summed E-state index contributed by atoms with van der Waals surface area (Å²) in [6, 6.07) is 26.7. The van der Waals surface area contributed by atoms with Crippen molar-refractivity contribution in [3.05, 3.63) is 100 Å². The van der Waals surface area contributed by atoms with Crippen molar-refractivity contribution in [3.8, 4) is 22.6 Å². The van der Waals surface area contributed by atoms with Crippen LogP contribution in [0.25, 0.3) is 16.8 Å². The predicted molar refractivity (Wildman–Crippen MR) is 159 cm³/mol. The highest BCUT2D eigenvalue weighted by Crippen LogP contribution is 2.35. The number of para-hydroxylation sites is 1. The van der Waals surface area contributed by atoms with Crippen molar-refractivity contribution in [2.75, 3.05) is 44.2 Å². The Bertz CT molecular complexity index is 1490. The summed E-state index contributed by atoms with van der Waals surface area (Å²) in [6.45, 7) is 9.26. The van der Waals surface area contributed by atoms with Gasteiger partial charge in [0.05, 0.1) is 18.0 Å². The maximum absolute atomic E-state index is 14.3. The van der Waals surface area contributed by atoms with Crippen LogP contribution >= 0.6 is 11.6 Å². The Labute approximate surface area is 233 Å². The number of ether oxygens (including phenoxy) is 1. The van der Waals surface area contributed by atoms with Crippen molar-refractivity contribution < 1.29 is 4.74 Å². The Morgan fingerprint density at radius 1 is 0.846 bits per heavy atom. The minimum atomic E-state index is -0.230. The Morgan fingerprint density at radius 3 is 2.26 bits per heavy atom. The number of piperazine rings is 1. The molecule has 8 heteroatoms. The predicted octanol–water partition coefficient (Wildman–Crippen LogP) is 7.11. The van der Waals surface area contributed by atoms with Gasteiger partial charge in [0.25, 0.3) is 5.56 Å². The number of nitrogens with zero attached hydrogens (tertiary/aromatic N) is 5. The molecule has 2 heterocycles. The van der Waals surface area contributed by atoms with Crippen molar-refractivity contribution >= 4 is 28.8 Å². The number of likely N-dealkylation sites (N-methyl/N-ethyl adjacent to an activating group) is 1. The molecule has 1 fully saturated rings. The molecule has 0 atom stereocenters. The van der Waals surface area contributed by atoms with Gasteiger partial charge in [0.15, 0.2) is 5.69 Å². The molecule has 1 aliphatic rings. The molecule has 0 radical (unpaired) electrons.